The number of hydrogen-bond donors (Lipinski definition) is 2. The molecule has 0 spiro atoms. The zero-order valence-electron chi connectivity index (χ0n) is 14.4. The zero-order valence-corrected chi connectivity index (χ0v) is 14.4. The molecule has 1 unspecified atom stereocenters. The van der Waals surface area contributed by atoms with Crippen molar-refractivity contribution in [2.45, 2.75) is 58.0 Å². The van der Waals surface area contributed by atoms with E-state index in [1.54, 1.807) is 0 Å². The fourth-order valence-corrected chi connectivity index (χ4v) is 4.25. The van der Waals surface area contributed by atoms with Crippen LogP contribution in [-0.4, -0.2) is 51.2 Å². The van der Waals surface area contributed by atoms with Crippen molar-refractivity contribution < 1.29 is 4.79 Å². The van der Waals surface area contributed by atoms with Gasteiger partial charge in [0.15, 0.2) is 5.65 Å². The molecule has 1 saturated heterocycles. The van der Waals surface area contributed by atoms with Gasteiger partial charge >= 0.3 is 0 Å². The van der Waals surface area contributed by atoms with Crippen LogP contribution in [-0.2, 0) is 0 Å². The first kappa shape index (κ1) is 15.6. The van der Waals surface area contributed by atoms with Crippen LogP contribution >= 0.6 is 0 Å². The molecule has 1 atom stereocenters. The average Bonchev–Trinajstić information content (AvgIpc) is 3.27. The highest BCUT2D eigenvalue weighted by Gasteiger charge is 2.31. The topological polar surface area (TPSA) is 73.9 Å². The van der Waals surface area contributed by atoms with Gasteiger partial charge in [-0.2, -0.15) is 5.10 Å². The Labute approximate surface area is 142 Å². The quantitative estimate of drug-likeness (QED) is 0.907. The zero-order chi connectivity index (χ0) is 16.7. The number of aromatic nitrogens is 3. The predicted octanol–water partition coefficient (Wildman–Crippen LogP) is 2.32. The van der Waals surface area contributed by atoms with E-state index < -0.39 is 0 Å². The Morgan fingerprint density at radius 2 is 2.08 bits per heavy atom. The maximum absolute atomic E-state index is 12.8. The highest BCUT2D eigenvalue weighted by molar-refractivity contribution is 6.06. The molecule has 0 aromatic carbocycles. The second-order valence-corrected chi connectivity index (χ2v) is 7.25. The minimum Gasteiger partial charge on any atom is -0.348 e. The van der Waals surface area contributed by atoms with Crippen molar-refractivity contribution in [1.82, 2.24) is 25.4 Å². The molecular weight excluding hydrogens is 302 g/mol. The number of pyridine rings is 1. The minimum atomic E-state index is -0.00623. The highest BCUT2D eigenvalue weighted by atomic mass is 16.1. The van der Waals surface area contributed by atoms with E-state index in [-0.39, 0.29) is 11.9 Å². The number of rotatable bonds is 3. The Morgan fingerprint density at radius 3 is 2.88 bits per heavy atom. The van der Waals surface area contributed by atoms with Gasteiger partial charge in [0.1, 0.15) is 0 Å². The Hall–Kier alpha value is -1.95. The van der Waals surface area contributed by atoms with Gasteiger partial charge in [0, 0.05) is 36.6 Å². The molecule has 128 valence electrons. The Kier molecular flexibility index (Phi) is 4.00. The van der Waals surface area contributed by atoms with E-state index in [4.69, 9.17) is 0 Å². The van der Waals surface area contributed by atoms with Gasteiger partial charge in [-0.05, 0) is 39.2 Å². The van der Waals surface area contributed by atoms with E-state index in [1.165, 1.54) is 25.7 Å². The molecule has 3 heterocycles. The van der Waals surface area contributed by atoms with Crippen LogP contribution in [0.25, 0.3) is 11.0 Å². The van der Waals surface area contributed by atoms with Crippen molar-refractivity contribution >= 4 is 16.9 Å². The van der Waals surface area contributed by atoms with Crippen LogP contribution in [0.2, 0.25) is 0 Å². The van der Waals surface area contributed by atoms with Crippen molar-refractivity contribution in [2.75, 3.05) is 13.1 Å². The number of fused-ring (bicyclic) bond motifs is 1. The summed E-state index contributed by atoms with van der Waals surface area (Å²) in [7, 11) is 0. The second kappa shape index (κ2) is 6.16. The third-order valence-electron chi connectivity index (χ3n) is 5.47. The van der Waals surface area contributed by atoms with Gasteiger partial charge in [-0.3, -0.25) is 14.8 Å². The molecule has 6 nitrogen and oxygen atoms in total. The van der Waals surface area contributed by atoms with Crippen LogP contribution in [0.1, 0.15) is 53.8 Å². The van der Waals surface area contributed by atoms with Gasteiger partial charge in [-0.1, -0.05) is 12.8 Å². The number of carbonyl (C=O) groups excluding carboxylic acids is 1. The molecule has 1 saturated carbocycles. The Balaban J connectivity index is 1.50. The highest BCUT2D eigenvalue weighted by Crippen LogP contribution is 2.27. The molecule has 2 N–H and O–H groups in total. The number of aryl methyl sites for hydroxylation is 2. The van der Waals surface area contributed by atoms with Gasteiger partial charge in [-0.15, -0.1) is 0 Å². The lowest BCUT2D eigenvalue weighted by molar-refractivity contribution is 0.0937. The van der Waals surface area contributed by atoms with Crippen molar-refractivity contribution in [2.24, 2.45) is 0 Å². The van der Waals surface area contributed by atoms with Gasteiger partial charge in [0.25, 0.3) is 5.91 Å². The molecule has 1 aliphatic carbocycles. The number of likely N-dealkylation sites (tertiary alicyclic amines) is 1. The van der Waals surface area contributed by atoms with Crippen molar-refractivity contribution in [3.63, 3.8) is 0 Å². The van der Waals surface area contributed by atoms with E-state index in [0.29, 0.717) is 11.2 Å². The van der Waals surface area contributed by atoms with Crippen LogP contribution < -0.4 is 5.32 Å². The van der Waals surface area contributed by atoms with Gasteiger partial charge in [0.05, 0.1) is 10.9 Å². The number of amides is 1. The van der Waals surface area contributed by atoms with Crippen molar-refractivity contribution in [1.29, 1.82) is 0 Å². The fourth-order valence-electron chi connectivity index (χ4n) is 4.25. The van der Waals surface area contributed by atoms with Gasteiger partial charge in [0.2, 0.25) is 0 Å². The van der Waals surface area contributed by atoms with Crippen LogP contribution in [0.3, 0.4) is 0 Å². The Bertz CT molecular complexity index is 762. The summed E-state index contributed by atoms with van der Waals surface area (Å²) in [5.74, 6) is -0.00623. The van der Waals surface area contributed by atoms with Crippen LogP contribution in [0.4, 0.5) is 0 Å². The average molecular weight is 327 g/mol. The molecule has 2 aromatic rings. The summed E-state index contributed by atoms with van der Waals surface area (Å²) in [6, 6.07) is 2.84. The molecule has 1 amide bonds. The molecule has 1 aliphatic heterocycles. The first-order chi connectivity index (χ1) is 11.6. The largest absolute Gasteiger partial charge is 0.348 e. The monoisotopic (exact) mass is 327 g/mol. The molecule has 2 aromatic heterocycles. The molecule has 2 fully saturated rings. The molecule has 24 heavy (non-hydrogen) atoms. The summed E-state index contributed by atoms with van der Waals surface area (Å²) in [5, 5.41) is 11.2. The number of nitrogens with zero attached hydrogens (tertiary/aromatic N) is 3. The van der Waals surface area contributed by atoms with Crippen LogP contribution in [0, 0.1) is 13.8 Å². The number of nitrogens with one attached hydrogen (secondary N) is 2. The molecule has 0 radical (unpaired) electrons. The molecule has 0 bridgehead atoms. The Morgan fingerprint density at radius 1 is 1.29 bits per heavy atom. The van der Waals surface area contributed by atoms with Crippen molar-refractivity contribution in [3.8, 4) is 0 Å². The molecule has 4 rings (SSSR count). The first-order valence-electron chi connectivity index (χ1n) is 8.99. The second-order valence-electron chi connectivity index (χ2n) is 7.25. The lowest BCUT2D eigenvalue weighted by atomic mass is 10.1. The van der Waals surface area contributed by atoms with Gasteiger partial charge < -0.3 is 5.32 Å². The summed E-state index contributed by atoms with van der Waals surface area (Å²) in [4.78, 5) is 19.8. The van der Waals surface area contributed by atoms with Crippen LogP contribution in [0.15, 0.2) is 6.07 Å². The maximum atomic E-state index is 12.8. The number of aromatic amines is 1. The smallest absolute Gasteiger partial charge is 0.252 e. The number of hydrogen-bond acceptors (Lipinski definition) is 4. The van der Waals surface area contributed by atoms with E-state index >= 15 is 0 Å². The van der Waals surface area contributed by atoms with Crippen molar-refractivity contribution in [3.05, 3.63) is 23.0 Å². The maximum Gasteiger partial charge on any atom is 0.252 e. The third kappa shape index (κ3) is 2.79. The normalized spacial score (nSPS) is 22.5. The number of carbonyl (C=O) groups is 1. The molecule has 2 aliphatic rings. The first-order valence-corrected chi connectivity index (χ1v) is 8.99. The lowest BCUT2D eigenvalue weighted by Gasteiger charge is -2.23. The SMILES string of the molecule is Cc1cc(C(=O)NC2CCN(C3CCCC3)C2)c2c(C)[nH]nc2n1. The standard InChI is InChI=1S/C18H25N5O/c1-11-9-15(16-12(2)21-22-17(16)19-11)18(24)20-13-7-8-23(10-13)14-5-3-4-6-14/h9,13-14H,3-8,10H2,1-2H3,(H,20,24)(H,19,21,22). The summed E-state index contributed by atoms with van der Waals surface area (Å²) < 4.78 is 0. The number of H-pyrrole nitrogens is 1. The lowest BCUT2D eigenvalue weighted by Crippen LogP contribution is -2.39. The summed E-state index contributed by atoms with van der Waals surface area (Å²) in [5.41, 5.74) is 3.01. The minimum absolute atomic E-state index is 0.00623. The van der Waals surface area contributed by atoms with E-state index in [9.17, 15) is 4.79 Å². The van der Waals surface area contributed by atoms with E-state index in [2.05, 4.69) is 25.4 Å². The van der Waals surface area contributed by atoms with E-state index in [0.717, 1.165) is 42.3 Å². The van der Waals surface area contributed by atoms with E-state index in [1.807, 2.05) is 19.9 Å². The summed E-state index contributed by atoms with van der Waals surface area (Å²) in [6.45, 7) is 5.91. The fraction of sp³-hybridized carbons (Fsp3) is 0.611. The van der Waals surface area contributed by atoms with Gasteiger partial charge in [-0.25, -0.2) is 4.98 Å². The summed E-state index contributed by atoms with van der Waals surface area (Å²) >= 11 is 0. The van der Waals surface area contributed by atoms with Crippen LogP contribution in [0.5, 0.6) is 0 Å². The predicted molar refractivity (Wildman–Crippen MR) is 93.1 cm³/mol. The molecule has 6 heteroatoms. The summed E-state index contributed by atoms with van der Waals surface area (Å²) in [6.07, 6.45) is 6.39. The third-order valence-corrected chi connectivity index (χ3v) is 5.47. The molecular formula is C18H25N5O.